The number of carbonyl (C=O) groups excluding carboxylic acids is 1. The molecule has 0 aliphatic carbocycles. The number of aromatic nitrogens is 1. The number of nitrogens with zero attached hydrogens (tertiary/aromatic N) is 1. The summed E-state index contributed by atoms with van der Waals surface area (Å²) in [5.41, 5.74) is 2.35. The number of rotatable bonds is 4. The van der Waals surface area contributed by atoms with Crippen LogP contribution in [0.2, 0.25) is 0 Å². The van der Waals surface area contributed by atoms with Crippen LogP contribution in [0, 0.1) is 6.92 Å². The normalized spacial score (nSPS) is 9.71. The topological polar surface area (TPSA) is 51.2 Å². The fourth-order valence-electron chi connectivity index (χ4n) is 2.17. The van der Waals surface area contributed by atoms with E-state index in [0.717, 1.165) is 5.56 Å². The van der Waals surface area contributed by atoms with Crippen molar-refractivity contribution in [3.8, 4) is 11.5 Å². The molecule has 0 atom stereocenters. The molecule has 1 aromatic heterocycles. The molecule has 2 aromatic carbocycles. The van der Waals surface area contributed by atoms with Gasteiger partial charge in [-0.15, -0.1) is 0 Å². The van der Waals surface area contributed by atoms with Crippen LogP contribution >= 0.6 is 0 Å². The van der Waals surface area contributed by atoms with Crippen molar-refractivity contribution in [2.24, 2.45) is 0 Å². The third-order valence-corrected chi connectivity index (χ3v) is 3.24. The highest BCUT2D eigenvalue weighted by Crippen LogP contribution is 2.23. The van der Waals surface area contributed by atoms with E-state index in [1.807, 2.05) is 49.4 Å². The number of benzene rings is 2. The highest BCUT2D eigenvalue weighted by atomic mass is 16.5. The lowest BCUT2D eigenvalue weighted by molar-refractivity contribution is 0.102. The van der Waals surface area contributed by atoms with Crippen LogP contribution in [0.3, 0.4) is 0 Å². The van der Waals surface area contributed by atoms with E-state index in [0.29, 0.717) is 22.7 Å². The van der Waals surface area contributed by atoms with E-state index in [-0.39, 0.29) is 13.3 Å². The van der Waals surface area contributed by atoms with Gasteiger partial charge >= 0.3 is 0 Å². The summed E-state index contributed by atoms with van der Waals surface area (Å²) in [7, 11) is 0. The molecule has 0 aliphatic rings. The van der Waals surface area contributed by atoms with Gasteiger partial charge < -0.3 is 10.1 Å². The summed E-state index contributed by atoms with van der Waals surface area (Å²) in [4.78, 5) is 16.3. The first-order valence-corrected chi connectivity index (χ1v) is 7.27. The minimum atomic E-state index is -0.146. The van der Waals surface area contributed by atoms with Gasteiger partial charge in [-0.2, -0.15) is 0 Å². The maximum Gasteiger partial charge on any atom is 0.255 e. The summed E-state index contributed by atoms with van der Waals surface area (Å²) < 4.78 is 5.71. The van der Waals surface area contributed by atoms with Gasteiger partial charge in [0.2, 0.25) is 0 Å². The van der Waals surface area contributed by atoms with E-state index in [4.69, 9.17) is 4.74 Å². The summed E-state index contributed by atoms with van der Waals surface area (Å²) in [5, 5.41) is 2.88. The SMILES string of the molecule is C.Cc1cccc(C(=O)Nc2cccc(Oc3cccnc3)c2)c1. The van der Waals surface area contributed by atoms with Crippen molar-refractivity contribution in [1.82, 2.24) is 4.98 Å². The first kappa shape index (κ1) is 17.2. The molecule has 3 rings (SSSR count). The Morgan fingerprint density at radius 1 is 1.00 bits per heavy atom. The Morgan fingerprint density at radius 2 is 1.79 bits per heavy atom. The predicted octanol–water partition coefficient (Wildman–Crippen LogP) is 5.07. The molecule has 0 fully saturated rings. The Hall–Kier alpha value is -3.14. The Kier molecular flexibility index (Phi) is 5.68. The molecule has 0 unspecified atom stereocenters. The van der Waals surface area contributed by atoms with E-state index in [2.05, 4.69) is 10.3 Å². The van der Waals surface area contributed by atoms with Crippen molar-refractivity contribution in [2.75, 3.05) is 5.32 Å². The van der Waals surface area contributed by atoms with Gasteiger partial charge in [0, 0.05) is 23.5 Å². The van der Waals surface area contributed by atoms with Crippen LogP contribution in [-0.2, 0) is 0 Å². The molecule has 0 spiro atoms. The molecule has 0 aliphatic heterocycles. The molecule has 0 saturated carbocycles. The molecule has 0 saturated heterocycles. The summed E-state index contributed by atoms with van der Waals surface area (Å²) >= 11 is 0. The van der Waals surface area contributed by atoms with Gasteiger partial charge in [0.1, 0.15) is 11.5 Å². The average molecular weight is 320 g/mol. The fraction of sp³-hybridized carbons (Fsp3) is 0.100. The second kappa shape index (κ2) is 7.92. The number of pyridine rings is 1. The lowest BCUT2D eigenvalue weighted by atomic mass is 10.1. The molecule has 4 heteroatoms. The minimum absolute atomic E-state index is 0. The van der Waals surface area contributed by atoms with Crippen molar-refractivity contribution in [3.05, 3.63) is 84.2 Å². The molecule has 1 N–H and O–H groups in total. The number of ether oxygens (including phenoxy) is 1. The maximum absolute atomic E-state index is 12.3. The highest BCUT2D eigenvalue weighted by Gasteiger charge is 2.07. The van der Waals surface area contributed by atoms with E-state index >= 15 is 0 Å². The van der Waals surface area contributed by atoms with Gasteiger partial charge in [-0.3, -0.25) is 9.78 Å². The van der Waals surface area contributed by atoms with Crippen molar-refractivity contribution in [3.63, 3.8) is 0 Å². The second-order valence-corrected chi connectivity index (χ2v) is 5.14. The van der Waals surface area contributed by atoms with Crippen LogP contribution in [0.15, 0.2) is 73.1 Å². The smallest absolute Gasteiger partial charge is 0.255 e. The third kappa shape index (κ3) is 4.43. The fourth-order valence-corrected chi connectivity index (χ4v) is 2.17. The van der Waals surface area contributed by atoms with Crippen LogP contribution in [0.5, 0.6) is 11.5 Å². The van der Waals surface area contributed by atoms with Gasteiger partial charge in [-0.1, -0.05) is 31.2 Å². The van der Waals surface area contributed by atoms with Crippen molar-refractivity contribution in [1.29, 1.82) is 0 Å². The van der Waals surface area contributed by atoms with Crippen molar-refractivity contribution >= 4 is 11.6 Å². The lowest BCUT2D eigenvalue weighted by Crippen LogP contribution is -2.11. The Labute approximate surface area is 142 Å². The number of hydrogen-bond acceptors (Lipinski definition) is 3. The zero-order valence-electron chi connectivity index (χ0n) is 12.7. The monoisotopic (exact) mass is 320 g/mol. The van der Waals surface area contributed by atoms with Gasteiger partial charge in [-0.05, 0) is 43.3 Å². The molecule has 1 amide bonds. The zero-order valence-corrected chi connectivity index (χ0v) is 12.7. The van der Waals surface area contributed by atoms with Crippen LogP contribution in [-0.4, -0.2) is 10.9 Å². The number of aryl methyl sites for hydroxylation is 1. The molecule has 0 bridgehead atoms. The molecule has 3 aromatic rings. The third-order valence-electron chi connectivity index (χ3n) is 3.24. The predicted molar refractivity (Wildman–Crippen MR) is 96.6 cm³/mol. The molecular formula is C20H20N2O2. The lowest BCUT2D eigenvalue weighted by Gasteiger charge is -2.09. The quantitative estimate of drug-likeness (QED) is 0.730. The van der Waals surface area contributed by atoms with Crippen molar-refractivity contribution < 1.29 is 9.53 Å². The molecule has 24 heavy (non-hydrogen) atoms. The van der Waals surface area contributed by atoms with Crippen LogP contribution < -0.4 is 10.1 Å². The second-order valence-electron chi connectivity index (χ2n) is 5.14. The van der Waals surface area contributed by atoms with Gasteiger partial charge in [-0.25, -0.2) is 0 Å². The highest BCUT2D eigenvalue weighted by molar-refractivity contribution is 6.04. The molecule has 0 radical (unpaired) electrons. The van der Waals surface area contributed by atoms with Crippen LogP contribution in [0.25, 0.3) is 0 Å². The summed E-state index contributed by atoms with van der Waals surface area (Å²) in [6, 6.07) is 18.4. The number of anilines is 1. The van der Waals surface area contributed by atoms with Gasteiger partial charge in [0.05, 0.1) is 6.20 Å². The number of carbonyl (C=O) groups is 1. The first-order valence-electron chi connectivity index (χ1n) is 7.27. The zero-order chi connectivity index (χ0) is 16.1. The van der Waals surface area contributed by atoms with Crippen molar-refractivity contribution in [2.45, 2.75) is 14.4 Å². The van der Waals surface area contributed by atoms with E-state index in [9.17, 15) is 4.79 Å². The van der Waals surface area contributed by atoms with E-state index < -0.39 is 0 Å². The molecule has 122 valence electrons. The first-order chi connectivity index (χ1) is 11.2. The van der Waals surface area contributed by atoms with E-state index in [1.165, 1.54) is 0 Å². The number of nitrogens with one attached hydrogen (secondary N) is 1. The van der Waals surface area contributed by atoms with Gasteiger partial charge in [0.15, 0.2) is 0 Å². The molecule has 4 nitrogen and oxygen atoms in total. The number of amides is 1. The largest absolute Gasteiger partial charge is 0.456 e. The van der Waals surface area contributed by atoms with E-state index in [1.54, 1.807) is 30.6 Å². The molecule has 1 heterocycles. The molecular weight excluding hydrogens is 300 g/mol. The standard InChI is InChI=1S/C19H16N2O2.CH4/c1-14-5-2-6-15(11-14)19(22)21-16-7-3-8-17(12-16)23-18-9-4-10-20-13-18;/h2-13H,1H3,(H,21,22);1H4. The van der Waals surface area contributed by atoms with Gasteiger partial charge in [0.25, 0.3) is 5.91 Å². The van der Waals surface area contributed by atoms with Crippen LogP contribution in [0.4, 0.5) is 5.69 Å². The average Bonchev–Trinajstić information content (AvgIpc) is 2.56. The van der Waals surface area contributed by atoms with Crippen LogP contribution in [0.1, 0.15) is 23.3 Å². The maximum atomic E-state index is 12.3. The summed E-state index contributed by atoms with van der Waals surface area (Å²) in [6.45, 7) is 1.96. The Balaban J connectivity index is 0.00000208. The Morgan fingerprint density at radius 3 is 2.54 bits per heavy atom. The number of hydrogen-bond donors (Lipinski definition) is 1. The Bertz CT molecular complexity index is 817. The summed E-state index contributed by atoms with van der Waals surface area (Å²) in [5.74, 6) is 1.14. The summed E-state index contributed by atoms with van der Waals surface area (Å²) in [6.07, 6.45) is 3.32. The minimum Gasteiger partial charge on any atom is -0.456 e.